The highest BCUT2D eigenvalue weighted by atomic mass is 127. The molecule has 0 N–H and O–H groups in total. The van der Waals surface area contributed by atoms with E-state index in [4.69, 9.17) is 4.74 Å². The average Bonchev–Trinajstić information content (AvgIpc) is 2.81. The summed E-state index contributed by atoms with van der Waals surface area (Å²) in [4.78, 5) is 42.1. The third-order valence-corrected chi connectivity index (χ3v) is 6.33. The van der Waals surface area contributed by atoms with Crippen LogP contribution in [0.15, 0.2) is 78.9 Å². The minimum atomic E-state index is -1.72. The minimum Gasteiger partial charge on any atom is -0.465 e. The Hall–Kier alpha value is -3.00. The molecule has 0 radical (unpaired) electrons. The molecule has 1 atom stereocenters. The monoisotopic (exact) mass is 539 g/mol. The van der Waals surface area contributed by atoms with Crippen molar-refractivity contribution in [1.82, 2.24) is 0 Å². The summed E-state index contributed by atoms with van der Waals surface area (Å²) < 4.78 is 6.26. The molecule has 0 spiro atoms. The molecule has 1 aliphatic rings. The van der Waals surface area contributed by atoms with Crippen LogP contribution in [-0.4, -0.2) is 24.3 Å². The SMILES string of the molecule is CCOC(=O)[C@]1(Cc2ccccc2)C(=O)C(=O)N(Cc2ccccc2)c2ccc(I)cc21. The Morgan fingerprint density at radius 3 is 2.19 bits per heavy atom. The predicted molar refractivity (Wildman–Crippen MR) is 130 cm³/mol. The lowest BCUT2D eigenvalue weighted by molar-refractivity contribution is -0.157. The zero-order valence-corrected chi connectivity index (χ0v) is 19.7. The van der Waals surface area contributed by atoms with Gasteiger partial charge in [-0.25, -0.2) is 0 Å². The van der Waals surface area contributed by atoms with Crippen molar-refractivity contribution in [2.24, 2.45) is 0 Å². The van der Waals surface area contributed by atoms with Crippen molar-refractivity contribution in [1.29, 1.82) is 0 Å². The molecule has 0 saturated carbocycles. The van der Waals surface area contributed by atoms with Gasteiger partial charge in [0.15, 0.2) is 5.41 Å². The van der Waals surface area contributed by atoms with Gasteiger partial charge in [0.1, 0.15) is 0 Å². The van der Waals surface area contributed by atoms with Gasteiger partial charge in [0.05, 0.1) is 13.2 Å². The van der Waals surface area contributed by atoms with Gasteiger partial charge in [-0.2, -0.15) is 0 Å². The minimum absolute atomic E-state index is 0.0590. The van der Waals surface area contributed by atoms with Gasteiger partial charge in [-0.05, 0) is 58.8 Å². The van der Waals surface area contributed by atoms with Gasteiger partial charge in [0, 0.05) is 21.2 Å². The number of nitrogens with zero attached hydrogens (tertiary/aromatic N) is 1. The van der Waals surface area contributed by atoms with E-state index in [2.05, 4.69) is 22.6 Å². The van der Waals surface area contributed by atoms with Crippen LogP contribution in [0.25, 0.3) is 0 Å². The molecule has 5 nitrogen and oxygen atoms in total. The van der Waals surface area contributed by atoms with Gasteiger partial charge in [-0.3, -0.25) is 14.4 Å². The number of ketones is 1. The van der Waals surface area contributed by atoms with Crippen LogP contribution in [-0.2, 0) is 37.5 Å². The molecule has 162 valence electrons. The molecule has 4 rings (SSSR count). The topological polar surface area (TPSA) is 63.7 Å². The van der Waals surface area contributed by atoms with Gasteiger partial charge >= 0.3 is 5.97 Å². The van der Waals surface area contributed by atoms with Crippen molar-refractivity contribution in [3.8, 4) is 0 Å². The number of Topliss-reactive ketones (excluding diaryl/α,β-unsaturated/α-hetero) is 1. The van der Waals surface area contributed by atoms with E-state index in [1.54, 1.807) is 6.92 Å². The quantitative estimate of drug-likeness (QED) is 0.201. The number of rotatable bonds is 6. The molecule has 1 amide bonds. The Kier molecular flexibility index (Phi) is 6.41. The van der Waals surface area contributed by atoms with Crippen molar-refractivity contribution >= 4 is 45.9 Å². The Morgan fingerprint density at radius 2 is 1.56 bits per heavy atom. The van der Waals surface area contributed by atoms with E-state index in [1.807, 2.05) is 78.9 Å². The summed E-state index contributed by atoms with van der Waals surface area (Å²) in [5, 5.41) is 0. The number of carbonyl (C=O) groups is 3. The second kappa shape index (κ2) is 9.24. The Morgan fingerprint density at radius 1 is 0.938 bits per heavy atom. The molecule has 0 aliphatic carbocycles. The van der Waals surface area contributed by atoms with Crippen molar-refractivity contribution in [2.75, 3.05) is 11.5 Å². The zero-order valence-electron chi connectivity index (χ0n) is 17.6. The maximum atomic E-state index is 13.7. The van der Waals surface area contributed by atoms with E-state index < -0.39 is 23.1 Å². The molecule has 0 unspecified atom stereocenters. The molecule has 32 heavy (non-hydrogen) atoms. The number of ether oxygens (including phenoxy) is 1. The lowest BCUT2D eigenvalue weighted by Crippen LogP contribution is -2.58. The van der Waals surface area contributed by atoms with Crippen molar-refractivity contribution in [3.05, 3.63) is 99.1 Å². The van der Waals surface area contributed by atoms with E-state index in [-0.39, 0.29) is 19.6 Å². The Bertz CT molecular complexity index is 1160. The maximum absolute atomic E-state index is 13.7. The third-order valence-electron chi connectivity index (χ3n) is 5.66. The predicted octanol–water partition coefficient (Wildman–Crippen LogP) is 4.45. The first-order valence-corrected chi connectivity index (χ1v) is 11.5. The number of hydrogen-bond donors (Lipinski definition) is 0. The van der Waals surface area contributed by atoms with E-state index in [0.717, 1.165) is 14.7 Å². The summed E-state index contributed by atoms with van der Waals surface area (Å²) in [5.74, 6) is -2.15. The fourth-order valence-corrected chi connectivity index (χ4v) is 4.64. The first-order chi connectivity index (χ1) is 15.5. The lowest BCUT2D eigenvalue weighted by atomic mass is 9.69. The first kappa shape index (κ1) is 22.2. The number of esters is 1. The largest absolute Gasteiger partial charge is 0.465 e. The lowest BCUT2D eigenvalue weighted by Gasteiger charge is -2.40. The van der Waals surface area contributed by atoms with Gasteiger partial charge in [0.2, 0.25) is 5.78 Å². The van der Waals surface area contributed by atoms with E-state index in [9.17, 15) is 14.4 Å². The molecule has 3 aromatic rings. The van der Waals surface area contributed by atoms with E-state index in [0.29, 0.717) is 11.3 Å². The van der Waals surface area contributed by atoms with Crippen LogP contribution in [0.5, 0.6) is 0 Å². The molecular formula is C26H22INO4. The standard InChI is InChI=1S/C26H22INO4/c1-2-32-25(31)26(16-18-9-5-3-6-10-18)21-15-20(27)13-14-22(21)28(24(30)23(26)29)17-19-11-7-4-8-12-19/h3-15H,2,16-17H2,1H3/t26-/m0/s1. The maximum Gasteiger partial charge on any atom is 0.325 e. The highest BCUT2D eigenvalue weighted by Gasteiger charge is 2.57. The number of hydrogen-bond acceptors (Lipinski definition) is 4. The van der Waals surface area contributed by atoms with Crippen LogP contribution < -0.4 is 4.90 Å². The van der Waals surface area contributed by atoms with Gasteiger partial charge < -0.3 is 9.64 Å². The summed E-state index contributed by atoms with van der Waals surface area (Å²) in [5.41, 5.74) is 1.01. The molecule has 1 aliphatic heterocycles. The van der Waals surface area contributed by atoms with Crippen LogP contribution in [0.1, 0.15) is 23.6 Å². The number of amides is 1. The van der Waals surface area contributed by atoms with Gasteiger partial charge in [-0.1, -0.05) is 60.7 Å². The molecule has 0 bridgehead atoms. The molecule has 1 heterocycles. The highest BCUT2D eigenvalue weighted by molar-refractivity contribution is 14.1. The van der Waals surface area contributed by atoms with Crippen molar-refractivity contribution in [2.45, 2.75) is 25.3 Å². The second-order valence-electron chi connectivity index (χ2n) is 7.66. The Balaban J connectivity index is 1.91. The molecule has 0 fully saturated rings. The highest BCUT2D eigenvalue weighted by Crippen LogP contribution is 2.43. The molecular weight excluding hydrogens is 517 g/mol. The number of benzene rings is 3. The summed E-state index contributed by atoms with van der Waals surface area (Å²) in [6, 6.07) is 24.2. The second-order valence-corrected chi connectivity index (χ2v) is 8.90. The van der Waals surface area contributed by atoms with Crippen LogP contribution in [0.2, 0.25) is 0 Å². The molecule has 3 aromatic carbocycles. The number of halogens is 1. The van der Waals surface area contributed by atoms with Crippen LogP contribution >= 0.6 is 22.6 Å². The third kappa shape index (κ3) is 3.95. The van der Waals surface area contributed by atoms with Gasteiger partial charge in [-0.15, -0.1) is 0 Å². The van der Waals surface area contributed by atoms with Crippen LogP contribution in [0.4, 0.5) is 5.69 Å². The zero-order chi connectivity index (χ0) is 22.7. The Labute approximate surface area is 200 Å². The van der Waals surface area contributed by atoms with Crippen LogP contribution in [0.3, 0.4) is 0 Å². The smallest absolute Gasteiger partial charge is 0.325 e. The van der Waals surface area contributed by atoms with Crippen LogP contribution in [0, 0.1) is 3.57 Å². The van der Waals surface area contributed by atoms with E-state index in [1.165, 1.54) is 4.90 Å². The first-order valence-electron chi connectivity index (χ1n) is 10.4. The normalized spacial score (nSPS) is 17.8. The fourth-order valence-electron chi connectivity index (χ4n) is 4.15. The number of carbonyl (C=O) groups excluding carboxylic acids is 3. The fraction of sp³-hybridized carbons (Fsp3) is 0.192. The summed E-state index contributed by atoms with van der Waals surface area (Å²) in [7, 11) is 0. The number of fused-ring (bicyclic) bond motifs is 1. The molecule has 6 heteroatoms. The summed E-state index contributed by atoms with van der Waals surface area (Å²) in [6.45, 7) is 2.05. The van der Waals surface area contributed by atoms with Crippen molar-refractivity contribution < 1.29 is 19.1 Å². The molecule has 0 saturated heterocycles. The summed E-state index contributed by atoms with van der Waals surface area (Å²) >= 11 is 2.15. The average molecular weight is 539 g/mol. The molecule has 0 aromatic heterocycles. The number of anilines is 1. The van der Waals surface area contributed by atoms with Gasteiger partial charge in [0.25, 0.3) is 5.91 Å². The summed E-state index contributed by atoms with van der Waals surface area (Å²) in [6.07, 6.45) is 0.0590. The van der Waals surface area contributed by atoms with Crippen molar-refractivity contribution in [3.63, 3.8) is 0 Å². The van der Waals surface area contributed by atoms with E-state index >= 15 is 0 Å².